The fourth-order valence-corrected chi connectivity index (χ4v) is 2.60. The molecule has 1 heterocycles. The highest BCUT2D eigenvalue weighted by Gasteiger charge is 2.23. The highest BCUT2D eigenvalue weighted by molar-refractivity contribution is 8.00. The zero-order chi connectivity index (χ0) is 13.0. The van der Waals surface area contributed by atoms with Crippen LogP contribution in [0.2, 0.25) is 0 Å². The zero-order valence-corrected chi connectivity index (χ0v) is 10.5. The number of hydrogen-bond donors (Lipinski definition) is 0. The number of carbonyl (C=O) groups excluding carboxylic acids is 1. The molecule has 1 aromatic carbocycles. The van der Waals surface area contributed by atoms with Crippen LogP contribution in [0.3, 0.4) is 0 Å². The molecule has 0 saturated carbocycles. The van der Waals surface area contributed by atoms with Crippen molar-refractivity contribution >= 4 is 23.2 Å². The molecule has 1 aliphatic heterocycles. The summed E-state index contributed by atoms with van der Waals surface area (Å²) in [5.41, 5.74) is 0.0647. The first-order valence-electron chi connectivity index (χ1n) is 5.64. The summed E-state index contributed by atoms with van der Waals surface area (Å²) in [6.07, 6.45) is 0.805. The average Bonchev–Trinajstić information content (AvgIpc) is 2.90. The van der Waals surface area contributed by atoms with Crippen LogP contribution in [0.1, 0.15) is 6.42 Å². The van der Waals surface area contributed by atoms with Crippen molar-refractivity contribution in [1.29, 1.82) is 0 Å². The summed E-state index contributed by atoms with van der Waals surface area (Å²) < 4.78 is 5.17. The van der Waals surface area contributed by atoms with E-state index in [1.54, 1.807) is 12.1 Å². The molecule has 0 bridgehead atoms. The molecule has 0 aromatic heterocycles. The van der Waals surface area contributed by atoms with Gasteiger partial charge < -0.3 is 4.74 Å². The van der Waals surface area contributed by atoms with Gasteiger partial charge in [0.1, 0.15) is 5.78 Å². The van der Waals surface area contributed by atoms with Gasteiger partial charge in [-0.05, 0) is 18.6 Å². The molecule has 0 N–H and O–H groups in total. The number of ketones is 1. The number of ether oxygens (including phenoxy) is 1. The van der Waals surface area contributed by atoms with E-state index in [2.05, 4.69) is 0 Å². The fraction of sp³-hybridized carbons (Fsp3) is 0.417. The van der Waals surface area contributed by atoms with Gasteiger partial charge in [-0.2, -0.15) is 0 Å². The first-order valence-corrected chi connectivity index (χ1v) is 6.63. The molecule has 0 spiro atoms. The SMILES string of the molecule is O=C(CSc1ccc([N+](=O)[O-])cc1)C1CCOC1. The van der Waals surface area contributed by atoms with Crippen LogP contribution in [0.4, 0.5) is 5.69 Å². The van der Waals surface area contributed by atoms with Crippen LogP contribution in [0.5, 0.6) is 0 Å². The Kier molecular flexibility index (Phi) is 4.33. The Labute approximate surface area is 109 Å². The maximum absolute atomic E-state index is 11.8. The number of carbonyl (C=O) groups is 1. The topological polar surface area (TPSA) is 69.4 Å². The van der Waals surface area contributed by atoms with Gasteiger partial charge in [0, 0.05) is 29.6 Å². The third-order valence-corrected chi connectivity index (χ3v) is 3.85. The molecule has 6 heteroatoms. The van der Waals surface area contributed by atoms with Gasteiger partial charge in [0.15, 0.2) is 0 Å². The molecule has 2 rings (SSSR count). The Morgan fingerprint density at radius 2 is 2.17 bits per heavy atom. The molecular weight excluding hydrogens is 254 g/mol. The molecule has 18 heavy (non-hydrogen) atoms. The van der Waals surface area contributed by atoms with E-state index >= 15 is 0 Å². The Balaban J connectivity index is 1.86. The molecule has 1 aliphatic rings. The van der Waals surface area contributed by atoms with Gasteiger partial charge in [0.05, 0.1) is 17.3 Å². The standard InChI is InChI=1S/C12H13NO4S/c14-12(9-5-6-17-7-9)8-18-11-3-1-10(2-4-11)13(15)16/h1-4,9H,5-8H2. The minimum absolute atomic E-state index is 0.0237. The molecule has 0 aliphatic carbocycles. The molecule has 5 nitrogen and oxygen atoms in total. The van der Waals surface area contributed by atoms with Gasteiger partial charge in [-0.25, -0.2) is 0 Å². The second kappa shape index (κ2) is 5.97. The minimum Gasteiger partial charge on any atom is -0.381 e. The van der Waals surface area contributed by atoms with Crippen LogP contribution < -0.4 is 0 Å². The Morgan fingerprint density at radius 3 is 2.72 bits per heavy atom. The lowest BCUT2D eigenvalue weighted by atomic mass is 10.1. The largest absolute Gasteiger partial charge is 0.381 e. The van der Waals surface area contributed by atoms with Crippen LogP contribution in [-0.2, 0) is 9.53 Å². The molecule has 1 aromatic rings. The third-order valence-electron chi connectivity index (χ3n) is 2.81. The zero-order valence-electron chi connectivity index (χ0n) is 9.70. The van der Waals surface area contributed by atoms with Crippen molar-refractivity contribution in [2.75, 3.05) is 19.0 Å². The van der Waals surface area contributed by atoms with Gasteiger partial charge in [-0.15, -0.1) is 11.8 Å². The molecule has 0 amide bonds. The molecule has 0 radical (unpaired) electrons. The van der Waals surface area contributed by atoms with Crippen molar-refractivity contribution in [2.45, 2.75) is 11.3 Å². The van der Waals surface area contributed by atoms with Gasteiger partial charge in [0.25, 0.3) is 5.69 Å². The molecule has 96 valence electrons. The van der Waals surface area contributed by atoms with E-state index in [1.807, 2.05) is 0 Å². The first-order chi connectivity index (χ1) is 8.66. The lowest BCUT2D eigenvalue weighted by molar-refractivity contribution is -0.384. The van der Waals surface area contributed by atoms with Crippen molar-refractivity contribution in [3.63, 3.8) is 0 Å². The Morgan fingerprint density at radius 1 is 1.44 bits per heavy atom. The summed E-state index contributed by atoms with van der Waals surface area (Å²) in [5.74, 6) is 0.609. The smallest absolute Gasteiger partial charge is 0.269 e. The Hall–Kier alpha value is -1.40. The fourth-order valence-electron chi connectivity index (χ4n) is 1.72. The lowest BCUT2D eigenvalue weighted by Crippen LogP contribution is -2.16. The van der Waals surface area contributed by atoms with Crippen molar-refractivity contribution in [2.24, 2.45) is 5.92 Å². The first kappa shape index (κ1) is 13.0. The summed E-state index contributed by atoms with van der Waals surface area (Å²) >= 11 is 1.41. The molecule has 1 unspecified atom stereocenters. The minimum atomic E-state index is -0.435. The predicted octanol–water partition coefficient (Wildman–Crippen LogP) is 2.29. The van der Waals surface area contributed by atoms with Crippen molar-refractivity contribution in [3.05, 3.63) is 34.4 Å². The van der Waals surface area contributed by atoms with E-state index in [0.717, 1.165) is 11.3 Å². The summed E-state index contributed by atoms with van der Waals surface area (Å²) in [5, 5.41) is 10.5. The van der Waals surface area contributed by atoms with E-state index in [4.69, 9.17) is 4.74 Å². The van der Waals surface area contributed by atoms with Crippen molar-refractivity contribution in [3.8, 4) is 0 Å². The highest BCUT2D eigenvalue weighted by Crippen LogP contribution is 2.23. The number of Topliss-reactive ketones (excluding diaryl/α,β-unsaturated/α-hetero) is 1. The summed E-state index contributed by atoms with van der Waals surface area (Å²) in [7, 11) is 0. The van der Waals surface area contributed by atoms with Crippen LogP contribution >= 0.6 is 11.8 Å². The summed E-state index contributed by atoms with van der Waals surface area (Å²) in [6.45, 7) is 1.19. The molecule has 1 fully saturated rings. The van der Waals surface area contributed by atoms with Gasteiger partial charge in [0.2, 0.25) is 0 Å². The molecule has 1 saturated heterocycles. The highest BCUT2D eigenvalue weighted by atomic mass is 32.2. The maximum Gasteiger partial charge on any atom is 0.269 e. The van der Waals surface area contributed by atoms with Crippen LogP contribution in [0.25, 0.3) is 0 Å². The number of hydrogen-bond acceptors (Lipinski definition) is 5. The number of nitro groups is 1. The second-order valence-corrected chi connectivity index (χ2v) is 5.12. The predicted molar refractivity (Wildman–Crippen MR) is 67.8 cm³/mol. The monoisotopic (exact) mass is 267 g/mol. The quantitative estimate of drug-likeness (QED) is 0.465. The maximum atomic E-state index is 11.8. The van der Waals surface area contributed by atoms with E-state index in [1.165, 1.54) is 23.9 Å². The van der Waals surface area contributed by atoms with Gasteiger partial charge in [-0.1, -0.05) is 0 Å². The number of nitrogens with zero attached hydrogens (tertiary/aromatic N) is 1. The van der Waals surface area contributed by atoms with Gasteiger partial charge >= 0.3 is 0 Å². The summed E-state index contributed by atoms with van der Waals surface area (Å²) in [4.78, 5) is 22.7. The Bertz CT molecular complexity index is 440. The molecular formula is C12H13NO4S. The summed E-state index contributed by atoms with van der Waals surface area (Å²) in [6, 6.07) is 6.24. The van der Waals surface area contributed by atoms with Gasteiger partial charge in [-0.3, -0.25) is 14.9 Å². The van der Waals surface area contributed by atoms with Crippen molar-refractivity contribution in [1.82, 2.24) is 0 Å². The average molecular weight is 267 g/mol. The van der Waals surface area contributed by atoms with E-state index in [9.17, 15) is 14.9 Å². The van der Waals surface area contributed by atoms with Crippen LogP contribution in [-0.4, -0.2) is 29.7 Å². The second-order valence-electron chi connectivity index (χ2n) is 4.07. The number of nitro benzene ring substituents is 1. The number of rotatable bonds is 5. The normalized spacial score (nSPS) is 18.8. The number of benzene rings is 1. The van der Waals surface area contributed by atoms with E-state index < -0.39 is 4.92 Å². The van der Waals surface area contributed by atoms with Crippen LogP contribution in [0, 0.1) is 16.0 Å². The number of thioether (sulfide) groups is 1. The van der Waals surface area contributed by atoms with Crippen LogP contribution in [0.15, 0.2) is 29.2 Å². The van der Waals surface area contributed by atoms with Crippen molar-refractivity contribution < 1.29 is 14.5 Å². The number of non-ortho nitro benzene ring substituents is 1. The third kappa shape index (κ3) is 3.30. The van der Waals surface area contributed by atoms with E-state index in [0.29, 0.717) is 19.0 Å². The van der Waals surface area contributed by atoms with E-state index in [-0.39, 0.29) is 17.4 Å². The molecule has 1 atom stereocenters. The lowest BCUT2D eigenvalue weighted by Gasteiger charge is -2.05.